The van der Waals surface area contributed by atoms with Crippen molar-refractivity contribution in [2.75, 3.05) is 33.7 Å². The topological polar surface area (TPSA) is 48.8 Å². The van der Waals surface area contributed by atoms with Gasteiger partial charge in [-0.2, -0.15) is 0 Å². The van der Waals surface area contributed by atoms with E-state index in [1.807, 2.05) is 36.7 Å². The Kier molecular flexibility index (Phi) is 6.43. The van der Waals surface area contributed by atoms with Gasteiger partial charge in [0.2, 0.25) is 5.91 Å². The molecule has 162 valence electrons. The Morgan fingerprint density at radius 1 is 1.17 bits per heavy atom. The number of hydrogen-bond acceptors (Lipinski definition) is 2. The van der Waals surface area contributed by atoms with E-state index in [1.54, 1.807) is 19.0 Å². The van der Waals surface area contributed by atoms with Crippen molar-refractivity contribution in [2.24, 2.45) is 5.92 Å². The van der Waals surface area contributed by atoms with E-state index in [4.69, 9.17) is 0 Å². The van der Waals surface area contributed by atoms with E-state index in [1.165, 1.54) is 21.9 Å². The first kappa shape index (κ1) is 21.8. The highest BCUT2D eigenvalue weighted by Gasteiger charge is 2.35. The van der Waals surface area contributed by atoms with Gasteiger partial charge in [-0.15, -0.1) is 0 Å². The van der Waals surface area contributed by atoms with E-state index < -0.39 is 17.7 Å². The summed E-state index contributed by atoms with van der Waals surface area (Å²) < 4.78 is 30.1. The molecule has 0 spiro atoms. The summed E-state index contributed by atoms with van der Waals surface area (Å²) >= 11 is 0. The number of amides is 3. The fourth-order valence-corrected chi connectivity index (χ4v) is 3.89. The number of carbonyl (C=O) groups excluding carboxylic acids is 2. The molecule has 0 saturated heterocycles. The number of urea groups is 1. The van der Waals surface area contributed by atoms with E-state index in [0.717, 1.165) is 11.8 Å². The molecule has 1 aliphatic rings. The molecule has 0 radical (unpaired) electrons. The lowest BCUT2D eigenvalue weighted by Crippen LogP contribution is -2.50. The average Bonchev–Trinajstić information content (AvgIpc) is 3.14. The molecule has 30 heavy (non-hydrogen) atoms. The van der Waals surface area contributed by atoms with Gasteiger partial charge in [0, 0.05) is 57.3 Å². The normalized spacial score (nSPS) is 15.8. The van der Waals surface area contributed by atoms with Crippen LogP contribution in [0.4, 0.5) is 13.6 Å². The van der Waals surface area contributed by atoms with Crippen molar-refractivity contribution >= 4 is 11.9 Å². The average molecular weight is 418 g/mol. The quantitative estimate of drug-likeness (QED) is 0.748. The molecule has 6 nitrogen and oxygen atoms in total. The summed E-state index contributed by atoms with van der Waals surface area (Å²) in [5.41, 5.74) is 0.994. The van der Waals surface area contributed by atoms with Crippen LogP contribution in [0.3, 0.4) is 0 Å². The number of carbonyl (C=O) groups is 2. The predicted octanol–water partition coefficient (Wildman–Crippen LogP) is 3.34. The van der Waals surface area contributed by atoms with Crippen LogP contribution < -0.4 is 0 Å². The number of fused-ring (bicyclic) bond motifs is 1. The first-order chi connectivity index (χ1) is 14.2. The molecule has 3 amide bonds. The molecule has 1 aromatic carbocycles. The first-order valence-electron chi connectivity index (χ1n) is 10.0. The Balaban J connectivity index is 1.94. The van der Waals surface area contributed by atoms with Gasteiger partial charge in [-0.1, -0.05) is 19.9 Å². The maximum Gasteiger partial charge on any atom is 0.319 e. The second kappa shape index (κ2) is 8.85. The lowest BCUT2D eigenvalue weighted by molar-refractivity contribution is -0.134. The van der Waals surface area contributed by atoms with Crippen LogP contribution in [0.1, 0.15) is 31.1 Å². The zero-order valence-corrected chi connectivity index (χ0v) is 17.8. The standard InChI is InChI=1S/C22H28F2N4O2/c1-15(2)13-27(22(30)25(3)4)14-20(29)28-11-10-26-9-5-6-19(26)21(28)17-8-7-16(23)12-18(17)24/h5-9,12,15,21H,10-11,13-14H2,1-4H3/t21-/m1/s1. The molecule has 8 heteroatoms. The molecule has 3 rings (SSSR count). The van der Waals surface area contributed by atoms with Gasteiger partial charge in [-0.3, -0.25) is 4.79 Å². The van der Waals surface area contributed by atoms with Gasteiger partial charge in [0.1, 0.15) is 24.2 Å². The van der Waals surface area contributed by atoms with Gasteiger partial charge < -0.3 is 19.3 Å². The lowest BCUT2D eigenvalue weighted by atomic mass is 9.99. The highest BCUT2D eigenvalue weighted by atomic mass is 19.1. The van der Waals surface area contributed by atoms with E-state index >= 15 is 0 Å². The van der Waals surface area contributed by atoms with Crippen LogP contribution >= 0.6 is 0 Å². The van der Waals surface area contributed by atoms with Crippen molar-refractivity contribution in [2.45, 2.75) is 26.4 Å². The first-order valence-corrected chi connectivity index (χ1v) is 10.0. The van der Waals surface area contributed by atoms with Crippen molar-refractivity contribution in [3.8, 4) is 0 Å². The molecule has 0 unspecified atom stereocenters. The highest BCUT2D eigenvalue weighted by Crippen LogP contribution is 2.34. The van der Waals surface area contributed by atoms with Crippen LogP contribution in [0.15, 0.2) is 36.5 Å². The van der Waals surface area contributed by atoms with E-state index in [2.05, 4.69) is 0 Å². The fraction of sp³-hybridized carbons (Fsp3) is 0.455. The van der Waals surface area contributed by atoms with E-state index in [0.29, 0.717) is 19.6 Å². The maximum absolute atomic E-state index is 14.7. The van der Waals surface area contributed by atoms with Gasteiger partial charge in [0.25, 0.3) is 0 Å². The largest absolute Gasteiger partial charge is 0.348 e. The summed E-state index contributed by atoms with van der Waals surface area (Å²) in [7, 11) is 3.29. The lowest BCUT2D eigenvalue weighted by Gasteiger charge is -2.39. The fourth-order valence-electron chi connectivity index (χ4n) is 3.89. The SMILES string of the molecule is CC(C)CN(CC(=O)N1CCn2cccc2[C@H]1c1ccc(F)cc1F)C(=O)N(C)C. The molecule has 1 atom stereocenters. The molecular formula is C22H28F2N4O2. The van der Waals surface area contributed by atoms with E-state index in [-0.39, 0.29) is 30.0 Å². The van der Waals surface area contributed by atoms with Gasteiger partial charge >= 0.3 is 6.03 Å². The molecule has 1 aromatic heterocycles. The zero-order chi connectivity index (χ0) is 22.0. The van der Waals surface area contributed by atoms with Gasteiger partial charge in [-0.25, -0.2) is 13.6 Å². The van der Waals surface area contributed by atoms with Crippen molar-refractivity contribution in [1.82, 2.24) is 19.3 Å². The molecule has 0 bridgehead atoms. The van der Waals surface area contributed by atoms with Crippen LogP contribution in [0.5, 0.6) is 0 Å². The van der Waals surface area contributed by atoms with Crippen molar-refractivity contribution in [1.29, 1.82) is 0 Å². The number of halogens is 2. The smallest absolute Gasteiger partial charge is 0.319 e. The predicted molar refractivity (Wildman–Crippen MR) is 110 cm³/mol. The zero-order valence-electron chi connectivity index (χ0n) is 17.8. The van der Waals surface area contributed by atoms with Crippen LogP contribution in [0.2, 0.25) is 0 Å². The molecule has 0 fully saturated rings. The Labute approximate surface area is 175 Å². The van der Waals surface area contributed by atoms with Crippen molar-refractivity contribution in [3.63, 3.8) is 0 Å². The molecule has 2 heterocycles. The molecule has 0 saturated carbocycles. The Morgan fingerprint density at radius 2 is 1.90 bits per heavy atom. The molecule has 0 N–H and O–H groups in total. The number of hydrogen-bond donors (Lipinski definition) is 0. The molecule has 1 aliphatic heterocycles. The summed E-state index contributed by atoms with van der Waals surface area (Å²) in [6.07, 6.45) is 1.88. The number of nitrogens with zero attached hydrogens (tertiary/aromatic N) is 4. The third-order valence-electron chi connectivity index (χ3n) is 5.18. The summed E-state index contributed by atoms with van der Waals surface area (Å²) in [5, 5.41) is 0. The van der Waals surface area contributed by atoms with Crippen LogP contribution in [0.25, 0.3) is 0 Å². The molecule has 2 aromatic rings. The summed E-state index contributed by atoms with van der Waals surface area (Å²) in [6, 6.07) is 6.17. The maximum atomic E-state index is 14.7. The van der Waals surface area contributed by atoms with Gasteiger partial charge in [0.15, 0.2) is 0 Å². The summed E-state index contributed by atoms with van der Waals surface area (Å²) in [4.78, 5) is 30.4. The Morgan fingerprint density at radius 3 is 2.53 bits per heavy atom. The second-order valence-electron chi connectivity index (χ2n) is 8.23. The second-order valence-corrected chi connectivity index (χ2v) is 8.23. The van der Waals surface area contributed by atoms with Gasteiger partial charge in [0.05, 0.1) is 0 Å². The third-order valence-corrected chi connectivity index (χ3v) is 5.18. The molecule has 0 aliphatic carbocycles. The number of benzene rings is 1. The minimum absolute atomic E-state index is 0.102. The van der Waals surface area contributed by atoms with Crippen LogP contribution in [0, 0.1) is 17.6 Å². The van der Waals surface area contributed by atoms with Crippen LogP contribution in [-0.2, 0) is 11.3 Å². The number of aromatic nitrogens is 1. The van der Waals surface area contributed by atoms with Crippen molar-refractivity contribution < 1.29 is 18.4 Å². The third kappa shape index (κ3) is 4.47. The Hall–Kier alpha value is -2.90. The Bertz CT molecular complexity index is 926. The van der Waals surface area contributed by atoms with E-state index in [9.17, 15) is 18.4 Å². The number of rotatable bonds is 5. The molecular weight excluding hydrogens is 390 g/mol. The van der Waals surface area contributed by atoms with Crippen molar-refractivity contribution in [3.05, 3.63) is 59.4 Å². The van der Waals surface area contributed by atoms with Crippen LogP contribution in [-0.4, -0.2) is 64.9 Å². The summed E-state index contributed by atoms with van der Waals surface area (Å²) in [5.74, 6) is -1.45. The summed E-state index contributed by atoms with van der Waals surface area (Å²) in [6.45, 7) is 5.22. The minimum Gasteiger partial charge on any atom is -0.348 e. The minimum atomic E-state index is -0.698. The highest BCUT2D eigenvalue weighted by molar-refractivity contribution is 5.84. The van der Waals surface area contributed by atoms with Gasteiger partial charge in [-0.05, 0) is 24.1 Å². The monoisotopic (exact) mass is 418 g/mol.